The minimum Gasteiger partial charge on any atom is -0.312 e. The standard InChI is InChI=1S/C9H18N2/c1-9(2,3)11-5-7-4-10-8(7)6-11/h7-8,10H,4-6H2,1-3H3/t7-,8?/m1/s1. The Labute approximate surface area is 69.0 Å². The maximum absolute atomic E-state index is 3.47. The van der Waals surface area contributed by atoms with Crippen LogP contribution in [0.4, 0.5) is 0 Å². The second-order valence-corrected chi connectivity index (χ2v) is 4.85. The van der Waals surface area contributed by atoms with Gasteiger partial charge in [0.1, 0.15) is 0 Å². The second kappa shape index (κ2) is 2.20. The third kappa shape index (κ3) is 1.18. The zero-order valence-corrected chi connectivity index (χ0v) is 7.72. The maximum atomic E-state index is 3.47. The monoisotopic (exact) mass is 154 g/mol. The Kier molecular flexibility index (Phi) is 1.52. The molecule has 2 aliphatic rings. The van der Waals surface area contributed by atoms with Gasteiger partial charge in [-0.2, -0.15) is 0 Å². The number of nitrogens with one attached hydrogen (secondary N) is 1. The first-order valence-corrected chi connectivity index (χ1v) is 4.56. The number of rotatable bonds is 0. The van der Waals surface area contributed by atoms with Crippen LogP contribution in [0.25, 0.3) is 0 Å². The highest BCUT2D eigenvalue weighted by Crippen LogP contribution is 2.28. The van der Waals surface area contributed by atoms with E-state index in [2.05, 4.69) is 31.0 Å². The average Bonchev–Trinajstić information content (AvgIpc) is 2.06. The Morgan fingerprint density at radius 2 is 2.00 bits per heavy atom. The Bertz CT molecular complexity index is 147. The van der Waals surface area contributed by atoms with E-state index in [0.717, 1.165) is 12.0 Å². The van der Waals surface area contributed by atoms with Crippen LogP contribution in [0, 0.1) is 5.92 Å². The molecule has 2 heteroatoms. The molecule has 2 aliphatic heterocycles. The topological polar surface area (TPSA) is 15.3 Å². The highest BCUT2D eigenvalue weighted by Gasteiger charge is 2.42. The molecule has 1 unspecified atom stereocenters. The van der Waals surface area contributed by atoms with Crippen LogP contribution >= 0.6 is 0 Å². The molecule has 0 aromatic carbocycles. The summed E-state index contributed by atoms with van der Waals surface area (Å²) in [5.74, 6) is 0.953. The predicted octanol–water partition coefficient (Wildman–Crippen LogP) is 0.688. The van der Waals surface area contributed by atoms with E-state index in [0.29, 0.717) is 5.54 Å². The molecule has 2 atom stereocenters. The van der Waals surface area contributed by atoms with Crippen LogP contribution < -0.4 is 5.32 Å². The number of hydrogen-bond acceptors (Lipinski definition) is 2. The Morgan fingerprint density at radius 3 is 2.27 bits per heavy atom. The molecule has 2 saturated heterocycles. The summed E-state index contributed by atoms with van der Waals surface area (Å²) in [6, 6.07) is 0.814. The number of likely N-dealkylation sites (tertiary alicyclic amines) is 1. The van der Waals surface area contributed by atoms with E-state index in [9.17, 15) is 0 Å². The first kappa shape index (κ1) is 7.56. The van der Waals surface area contributed by atoms with Gasteiger partial charge in [0.25, 0.3) is 0 Å². The first-order valence-electron chi connectivity index (χ1n) is 4.56. The molecule has 2 heterocycles. The summed E-state index contributed by atoms with van der Waals surface area (Å²) in [7, 11) is 0. The summed E-state index contributed by atoms with van der Waals surface area (Å²) >= 11 is 0. The van der Waals surface area contributed by atoms with Crippen molar-refractivity contribution in [2.45, 2.75) is 32.4 Å². The SMILES string of the molecule is CC(C)(C)N1CC2NC[C@@H]2C1. The average molecular weight is 154 g/mol. The van der Waals surface area contributed by atoms with Crippen molar-refractivity contribution in [3.05, 3.63) is 0 Å². The van der Waals surface area contributed by atoms with Crippen molar-refractivity contribution >= 4 is 0 Å². The lowest BCUT2D eigenvalue weighted by Crippen LogP contribution is -2.51. The molecule has 0 spiro atoms. The lowest BCUT2D eigenvalue weighted by atomic mass is 9.96. The van der Waals surface area contributed by atoms with Crippen molar-refractivity contribution in [2.24, 2.45) is 5.92 Å². The van der Waals surface area contributed by atoms with Gasteiger partial charge in [-0.1, -0.05) is 0 Å². The number of nitrogens with zero attached hydrogens (tertiary/aromatic N) is 1. The van der Waals surface area contributed by atoms with Gasteiger partial charge in [-0.15, -0.1) is 0 Å². The van der Waals surface area contributed by atoms with Gasteiger partial charge in [-0.05, 0) is 20.8 Å². The van der Waals surface area contributed by atoms with Gasteiger partial charge < -0.3 is 5.32 Å². The molecule has 0 bridgehead atoms. The minimum atomic E-state index is 0.374. The summed E-state index contributed by atoms with van der Waals surface area (Å²) in [5.41, 5.74) is 0.374. The minimum absolute atomic E-state index is 0.374. The summed E-state index contributed by atoms with van der Waals surface area (Å²) < 4.78 is 0. The predicted molar refractivity (Wildman–Crippen MR) is 46.6 cm³/mol. The molecule has 0 aromatic rings. The number of fused-ring (bicyclic) bond motifs is 1. The largest absolute Gasteiger partial charge is 0.312 e. The molecule has 64 valence electrons. The van der Waals surface area contributed by atoms with Crippen molar-refractivity contribution in [1.29, 1.82) is 0 Å². The smallest absolute Gasteiger partial charge is 0.0247 e. The van der Waals surface area contributed by atoms with Crippen LogP contribution in [0.2, 0.25) is 0 Å². The van der Waals surface area contributed by atoms with Crippen LogP contribution in [0.15, 0.2) is 0 Å². The van der Waals surface area contributed by atoms with Gasteiger partial charge in [0.15, 0.2) is 0 Å². The van der Waals surface area contributed by atoms with Gasteiger partial charge in [-0.3, -0.25) is 4.90 Å². The summed E-state index contributed by atoms with van der Waals surface area (Å²) in [4.78, 5) is 2.59. The van der Waals surface area contributed by atoms with E-state index in [1.165, 1.54) is 19.6 Å². The Balaban J connectivity index is 1.98. The summed E-state index contributed by atoms with van der Waals surface area (Å²) in [6.45, 7) is 10.7. The van der Waals surface area contributed by atoms with E-state index < -0.39 is 0 Å². The van der Waals surface area contributed by atoms with E-state index in [-0.39, 0.29) is 0 Å². The molecule has 0 aliphatic carbocycles. The molecule has 0 radical (unpaired) electrons. The van der Waals surface area contributed by atoms with Gasteiger partial charge in [0.05, 0.1) is 0 Å². The van der Waals surface area contributed by atoms with E-state index >= 15 is 0 Å². The van der Waals surface area contributed by atoms with Crippen LogP contribution in [0.5, 0.6) is 0 Å². The van der Waals surface area contributed by atoms with Crippen LogP contribution in [-0.4, -0.2) is 36.1 Å². The summed E-state index contributed by atoms with van der Waals surface area (Å²) in [6.07, 6.45) is 0. The van der Waals surface area contributed by atoms with Gasteiger partial charge in [0.2, 0.25) is 0 Å². The highest BCUT2D eigenvalue weighted by atomic mass is 15.3. The zero-order chi connectivity index (χ0) is 8.06. The van der Waals surface area contributed by atoms with Crippen molar-refractivity contribution in [2.75, 3.05) is 19.6 Å². The molecule has 2 rings (SSSR count). The van der Waals surface area contributed by atoms with Crippen molar-refractivity contribution in [3.8, 4) is 0 Å². The van der Waals surface area contributed by atoms with Crippen molar-refractivity contribution in [1.82, 2.24) is 10.2 Å². The molecule has 0 aromatic heterocycles. The molecule has 0 amide bonds. The van der Waals surface area contributed by atoms with Gasteiger partial charge in [-0.25, -0.2) is 0 Å². The van der Waals surface area contributed by atoms with Crippen LogP contribution in [0.1, 0.15) is 20.8 Å². The fourth-order valence-electron chi connectivity index (χ4n) is 2.00. The molecule has 1 N–H and O–H groups in total. The molecular formula is C9H18N2. The lowest BCUT2D eigenvalue weighted by Gasteiger charge is -2.31. The third-order valence-electron chi connectivity index (χ3n) is 3.03. The Hall–Kier alpha value is -0.0800. The van der Waals surface area contributed by atoms with Crippen LogP contribution in [-0.2, 0) is 0 Å². The quantitative estimate of drug-likeness (QED) is 0.552. The summed E-state index contributed by atoms with van der Waals surface area (Å²) in [5, 5.41) is 3.47. The normalized spacial score (nSPS) is 38.5. The zero-order valence-electron chi connectivity index (χ0n) is 7.72. The van der Waals surface area contributed by atoms with E-state index in [4.69, 9.17) is 0 Å². The molecule has 2 fully saturated rings. The van der Waals surface area contributed by atoms with Gasteiger partial charge in [0, 0.05) is 37.1 Å². The van der Waals surface area contributed by atoms with Gasteiger partial charge >= 0.3 is 0 Å². The third-order valence-corrected chi connectivity index (χ3v) is 3.03. The Morgan fingerprint density at radius 1 is 1.27 bits per heavy atom. The molecule has 0 saturated carbocycles. The molecule has 11 heavy (non-hydrogen) atoms. The van der Waals surface area contributed by atoms with Crippen LogP contribution in [0.3, 0.4) is 0 Å². The van der Waals surface area contributed by atoms with E-state index in [1.807, 2.05) is 0 Å². The van der Waals surface area contributed by atoms with E-state index in [1.54, 1.807) is 0 Å². The fourth-order valence-corrected chi connectivity index (χ4v) is 2.00. The molecular weight excluding hydrogens is 136 g/mol. The first-order chi connectivity index (χ1) is 5.07. The highest BCUT2D eigenvalue weighted by molar-refractivity contribution is 5.00. The fraction of sp³-hybridized carbons (Fsp3) is 1.00. The number of hydrogen-bond donors (Lipinski definition) is 1. The van der Waals surface area contributed by atoms with Crippen molar-refractivity contribution < 1.29 is 0 Å². The molecule has 2 nitrogen and oxygen atoms in total. The van der Waals surface area contributed by atoms with Crippen molar-refractivity contribution in [3.63, 3.8) is 0 Å². The second-order valence-electron chi connectivity index (χ2n) is 4.85. The lowest BCUT2D eigenvalue weighted by molar-refractivity contribution is 0.171. The maximum Gasteiger partial charge on any atom is 0.0247 e.